The van der Waals surface area contributed by atoms with Gasteiger partial charge in [-0.25, -0.2) is 14.2 Å². The van der Waals surface area contributed by atoms with Gasteiger partial charge in [-0.3, -0.25) is 0 Å². The molecule has 0 unspecified atom stereocenters. The summed E-state index contributed by atoms with van der Waals surface area (Å²) in [5.41, 5.74) is 2.12. The zero-order chi connectivity index (χ0) is 16.8. The predicted molar refractivity (Wildman–Crippen MR) is 85.2 cm³/mol. The number of aryl methyl sites for hydroxylation is 1. The zero-order valence-electron chi connectivity index (χ0n) is 12.6. The van der Waals surface area contributed by atoms with Crippen LogP contribution in [-0.4, -0.2) is 34.3 Å². The van der Waals surface area contributed by atoms with E-state index in [0.29, 0.717) is 18.1 Å². The van der Waals surface area contributed by atoms with E-state index in [1.165, 1.54) is 24.3 Å². The van der Waals surface area contributed by atoms with Crippen LogP contribution in [0.2, 0.25) is 0 Å². The fraction of sp³-hybridized carbons (Fsp3) is 0.250. The molecular formula is C16H18FN3O3. The summed E-state index contributed by atoms with van der Waals surface area (Å²) in [5, 5.41) is 23.9. The Kier molecular flexibility index (Phi) is 5.48. The van der Waals surface area contributed by atoms with Gasteiger partial charge in [0.2, 0.25) is 0 Å². The number of pyridine rings is 1. The monoisotopic (exact) mass is 319 g/mol. The van der Waals surface area contributed by atoms with Gasteiger partial charge in [-0.05, 0) is 42.8 Å². The van der Waals surface area contributed by atoms with Crippen molar-refractivity contribution in [2.24, 2.45) is 0 Å². The van der Waals surface area contributed by atoms with Crippen LogP contribution in [0.15, 0.2) is 30.3 Å². The van der Waals surface area contributed by atoms with Crippen molar-refractivity contribution < 1.29 is 19.4 Å². The predicted octanol–water partition coefficient (Wildman–Crippen LogP) is 2.24. The van der Waals surface area contributed by atoms with Crippen molar-refractivity contribution >= 4 is 17.5 Å². The summed E-state index contributed by atoms with van der Waals surface area (Å²) in [7, 11) is 0. The average Bonchev–Trinajstić information content (AvgIpc) is 2.52. The summed E-state index contributed by atoms with van der Waals surface area (Å²) in [6.07, 6.45) is 0. The van der Waals surface area contributed by atoms with Gasteiger partial charge in [0.1, 0.15) is 11.6 Å². The van der Waals surface area contributed by atoms with Crippen LogP contribution in [0.3, 0.4) is 0 Å². The minimum atomic E-state index is -1.06. The molecule has 122 valence electrons. The van der Waals surface area contributed by atoms with Gasteiger partial charge in [0, 0.05) is 12.2 Å². The van der Waals surface area contributed by atoms with Crippen molar-refractivity contribution in [3.63, 3.8) is 0 Å². The minimum absolute atomic E-state index is 0.0820. The van der Waals surface area contributed by atoms with E-state index in [4.69, 9.17) is 10.2 Å². The number of aliphatic hydroxyl groups excluding tert-OH is 1. The summed E-state index contributed by atoms with van der Waals surface area (Å²) in [5.74, 6) is -0.986. The molecule has 0 saturated heterocycles. The molecule has 2 rings (SSSR count). The van der Waals surface area contributed by atoms with E-state index in [0.717, 1.165) is 11.3 Å². The van der Waals surface area contributed by atoms with E-state index in [9.17, 15) is 9.18 Å². The molecule has 2 aromatic rings. The van der Waals surface area contributed by atoms with Crippen molar-refractivity contribution in [1.29, 1.82) is 0 Å². The molecular weight excluding hydrogens is 301 g/mol. The van der Waals surface area contributed by atoms with Crippen LogP contribution < -0.4 is 10.6 Å². The fourth-order valence-corrected chi connectivity index (χ4v) is 2.09. The third-order valence-electron chi connectivity index (χ3n) is 3.19. The van der Waals surface area contributed by atoms with Crippen LogP contribution in [0.25, 0.3) is 0 Å². The van der Waals surface area contributed by atoms with Crippen LogP contribution in [0.4, 0.5) is 15.9 Å². The van der Waals surface area contributed by atoms with Crippen molar-refractivity contribution in [3.05, 3.63) is 53.0 Å². The van der Waals surface area contributed by atoms with Gasteiger partial charge < -0.3 is 20.8 Å². The van der Waals surface area contributed by atoms with E-state index in [2.05, 4.69) is 15.6 Å². The first-order valence-electron chi connectivity index (χ1n) is 7.08. The lowest BCUT2D eigenvalue weighted by Gasteiger charge is -2.11. The highest BCUT2D eigenvalue weighted by Crippen LogP contribution is 2.17. The average molecular weight is 319 g/mol. The molecule has 0 amide bonds. The Morgan fingerprint density at radius 1 is 1.26 bits per heavy atom. The summed E-state index contributed by atoms with van der Waals surface area (Å²) in [4.78, 5) is 15.5. The van der Waals surface area contributed by atoms with Gasteiger partial charge in [-0.15, -0.1) is 0 Å². The molecule has 0 fully saturated rings. The van der Waals surface area contributed by atoms with E-state index in [-0.39, 0.29) is 24.5 Å². The number of halogens is 1. The van der Waals surface area contributed by atoms with E-state index < -0.39 is 5.97 Å². The number of hydrogen-bond acceptors (Lipinski definition) is 5. The summed E-state index contributed by atoms with van der Waals surface area (Å²) in [6.45, 7) is 2.27. The summed E-state index contributed by atoms with van der Waals surface area (Å²) in [6, 6.07) is 7.27. The lowest BCUT2D eigenvalue weighted by atomic mass is 10.2. The topological polar surface area (TPSA) is 94.5 Å². The lowest BCUT2D eigenvalue weighted by Crippen LogP contribution is -2.11. The molecule has 0 radical (unpaired) electrons. The van der Waals surface area contributed by atoms with Crippen LogP contribution in [-0.2, 0) is 6.54 Å². The van der Waals surface area contributed by atoms with Crippen molar-refractivity contribution in [2.45, 2.75) is 13.5 Å². The van der Waals surface area contributed by atoms with Gasteiger partial charge in [0.05, 0.1) is 24.4 Å². The molecule has 1 aromatic heterocycles. The number of nitrogens with one attached hydrogen (secondary N) is 2. The summed E-state index contributed by atoms with van der Waals surface area (Å²) < 4.78 is 13.1. The highest BCUT2D eigenvalue weighted by Gasteiger charge is 2.09. The van der Waals surface area contributed by atoms with Crippen LogP contribution in [0, 0.1) is 12.7 Å². The Morgan fingerprint density at radius 3 is 2.70 bits per heavy atom. The number of carbonyl (C=O) groups is 1. The van der Waals surface area contributed by atoms with E-state index in [1.54, 1.807) is 13.0 Å². The van der Waals surface area contributed by atoms with Crippen LogP contribution in [0.5, 0.6) is 0 Å². The molecule has 0 aliphatic heterocycles. The maximum atomic E-state index is 13.1. The van der Waals surface area contributed by atoms with E-state index >= 15 is 0 Å². The molecule has 7 heteroatoms. The molecule has 1 heterocycles. The first-order chi connectivity index (χ1) is 11.0. The minimum Gasteiger partial charge on any atom is -0.478 e. The fourth-order valence-electron chi connectivity index (χ4n) is 2.09. The Balaban J connectivity index is 2.17. The SMILES string of the molecule is Cc1cc(F)ccc1NCc1cc(C(=O)O)cc(NCCO)n1. The molecule has 0 atom stereocenters. The number of aromatic carboxylic acids is 1. The number of nitrogens with zero attached hydrogens (tertiary/aromatic N) is 1. The molecule has 0 spiro atoms. The highest BCUT2D eigenvalue weighted by molar-refractivity contribution is 5.88. The second-order valence-electron chi connectivity index (χ2n) is 5.00. The third kappa shape index (κ3) is 4.65. The van der Waals surface area contributed by atoms with Crippen molar-refractivity contribution in [2.75, 3.05) is 23.8 Å². The molecule has 0 aliphatic rings. The number of benzene rings is 1. The van der Waals surface area contributed by atoms with E-state index in [1.807, 2.05) is 0 Å². The van der Waals surface area contributed by atoms with Crippen molar-refractivity contribution in [3.8, 4) is 0 Å². The number of aliphatic hydroxyl groups is 1. The third-order valence-corrected chi connectivity index (χ3v) is 3.19. The van der Waals surface area contributed by atoms with Crippen LogP contribution >= 0.6 is 0 Å². The second kappa shape index (κ2) is 7.55. The Bertz CT molecular complexity index is 707. The Labute approximate surface area is 133 Å². The first-order valence-corrected chi connectivity index (χ1v) is 7.08. The standard InChI is InChI=1S/C16H18FN3O3/c1-10-6-12(17)2-3-14(10)19-9-13-7-11(16(22)23)8-15(20-13)18-4-5-21/h2-3,6-8,19,21H,4-5,9H2,1H3,(H,18,20)(H,22,23). The largest absolute Gasteiger partial charge is 0.478 e. The van der Waals surface area contributed by atoms with Gasteiger partial charge in [-0.1, -0.05) is 0 Å². The van der Waals surface area contributed by atoms with Gasteiger partial charge in [-0.2, -0.15) is 0 Å². The number of carboxylic acids is 1. The molecule has 0 saturated carbocycles. The smallest absolute Gasteiger partial charge is 0.335 e. The number of anilines is 2. The molecule has 23 heavy (non-hydrogen) atoms. The quantitative estimate of drug-likeness (QED) is 0.625. The Hall–Kier alpha value is -2.67. The van der Waals surface area contributed by atoms with Crippen molar-refractivity contribution in [1.82, 2.24) is 4.98 Å². The molecule has 0 aliphatic carbocycles. The number of aromatic nitrogens is 1. The van der Waals surface area contributed by atoms with Gasteiger partial charge in [0.25, 0.3) is 0 Å². The molecule has 6 nitrogen and oxygen atoms in total. The first kappa shape index (κ1) is 16.7. The maximum absolute atomic E-state index is 13.1. The normalized spacial score (nSPS) is 10.4. The molecule has 1 aromatic carbocycles. The lowest BCUT2D eigenvalue weighted by molar-refractivity contribution is 0.0696. The molecule has 4 N–H and O–H groups in total. The van der Waals surface area contributed by atoms with Gasteiger partial charge in [0.15, 0.2) is 0 Å². The number of hydrogen-bond donors (Lipinski definition) is 4. The second-order valence-corrected chi connectivity index (χ2v) is 5.00. The zero-order valence-corrected chi connectivity index (χ0v) is 12.6. The number of carboxylic acid groups (broad SMARTS) is 1. The maximum Gasteiger partial charge on any atom is 0.335 e. The Morgan fingerprint density at radius 2 is 2.04 bits per heavy atom. The number of rotatable bonds is 7. The van der Waals surface area contributed by atoms with Gasteiger partial charge >= 0.3 is 5.97 Å². The molecule has 0 bridgehead atoms. The summed E-state index contributed by atoms with van der Waals surface area (Å²) >= 11 is 0. The van der Waals surface area contributed by atoms with Crippen LogP contribution in [0.1, 0.15) is 21.6 Å². The highest BCUT2D eigenvalue weighted by atomic mass is 19.1.